The van der Waals surface area contributed by atoms with E-state index < -0.39 is 0 Å². The van der Waals surface area contributed by atoms with Crippen LogP contribution in [0.4, 0.5) is 0 Å². The minimum absolute atomic E-state index is 0.160. The topological polar surface area (TPSA) is 75.2 Å². The molecule has 1 aliphatic heterocycles. The molecule has 0 saturated heterocycles. The van der Waals surface area contributed by atoms with E-state index in [1.165, 1.54) is 28.6 Å². The number of halogens is 1. The Labute approximate surface area is 281 Å². The molecule has 2 aromatic rings. The Balaban J connectivity index is 1.40. The van der Waals surface area contributed by atoms with Gasteiger partial charge in [0.15, 0.2) is 0 Å². The minimum Gasteiger partial charge on any atom is -0.461 e. The molecule has 248 valence electrons. The lowest BCUT2D eigenvalue weighted by Gasteiger charge is -2.44. The summed E-state index contributed by atoms with van der Waals surface area (Å²) in [5.41, 5.74) is 3.93. The first kappa shape index (κ1) is 33.0. The third-order valence-electron chi connectivity index (χ3n) is 11.9. The molecule has 0 spiro atoms. The zero-order valence-corrected chi connectivity index (χ0v) is 29.7. The summed E-state index contributed by atoms with van der Waals surface area (Å²) in [6, 6.07) is 8.85. The van der Waals surface area contributed by atoms with Crippen molar-refractivity contribution in [3.63, 3.8) is 0 Å². The van der Waals surface area contributed by atoms with Crippen molar-refractivity contribution < 1.29 is 9.53 Å². The molecule has 7 atom stereocenters. The molecule has 2 fully saturated rings. The van der Waals surface area contributed by atoms with Gasteiger partial charge in [-0.25, -0.2) is 23.5 Å². The van der Waals surface area contributed by atoms with E-state index in [0.717, 1.165) is 37.7 Å². The number of benzene rings is 1. The van der Waals surface area contributed by atoms with E-state index in [4.69, 9.17) is 4.74 Å². The molecule has 0 amide bonds. The molecule has 2 heterocycles. The average molecular weight is 693 g/mol. The third-order valence-corrected chi connectivity index (χ3v) is 12.4. The van der Waals surface area contributed by atoms with Gasteiger partial charge in [-0.3, -0.25) is 4.79 Å². The van der Waals surface area contributed by atoms with Crippen LogP contribution in [0.25, 0.3) is 5.69 Å². The number of carbonyl (C=O) groups is 1. The van der Waals surface area contributed by atoms with Gasteiger partial charge in [-0.1, -0.05) is 92.5 Å². The van der Waals surface area contributed by atoms with Crippen LogP contribution in [0.2, 0.25) is 0 Å². The summed E-state index contributed by atoms with van der Waals surface area (Å²) < 4.78 is 10.5. The first-order chi connectivity index (χ1) is 22.0. The molecule has 3 unspecified atom stereocenters. The zero-order valence-electron chi connectivity index (χ0n) is 28.1. The maximum atomic E-state index is 14.2. The van der Waals surface area contributed by atoms with E-state index in [1.807, 2.05) is 30.3 Å². The van der Waals surface area contributed by atoms with Crippen LogP contribution < -0.4 is 11.4 Å². The number of alkyl halides is 1. The van der Waals surface area contributed by atoms with Crippen LogP contribution in [0.1, 0.15) is 92.0 Å². The number of nitrogens with zero attached hydrogens (tertiary/aromatic N) is 3. The molecule has 0 radical (unpaired) electrons. The van der Waals surface area contributed by atoms with Crippen molar-refractivity contribution in [1.29, 1.82) is 0 Å². The largest absolute Gasteiger partial charge is 0.461 e. The van der Waals surface area contributed by atoms with Crippen LogP contribution in [-0.2, 0) is 16.1 Å². The van der Waals surface area contributed by atoms with E-state index in [0.29, 0.717) is 48.2 Å². The summed E-state index contributed by atoms with van der Waals surface area (Å²) in [4.78, 5) is 40.4. The smallest absolute Gasteiger partial charge is 0.352 e. The van der Waals surface area contributed by atoms with Crippen LogP contribution in [0.3, 0.4) is 0 Å². The molecule has 8 heteroatoms. The van der Waals surface area contributed by atoms with Gasteiger partial charge in [0.2, 0.25) is 0 Å². The van der Waals surface area contributed by atoms with Crippen molar-refractivity contribution >= 4 is 21.9 Å². The molecule has 0 bridgehead atoms. The highest BCUT2D eigenvalue weighted by atomic mass is 79.9. The predicted octanol–water partition coefficient (Wildman–Crippen LogP) is 7.77. The Bertz CT molecular complexity index is 1660. The van der Waals surface area contributed by atoms with Crippen molar-refractivity contribution in [2.45, 2.75) is 105 Å². The summed E-state index contributed by atoms with van der Waals surface area (Å²) in [6.07, 6.45) is 14.8. The molecule has 46 heavy (non-hydrogen) atoms. The Morgan fingerprint density at radius 3 is 2.52 bits per heavy atom. The van der Waals surface area contributed by atoms with Gasteiger partial charge in [-0.15, -0.1) is 0 Å². The van der Waals surface area contributed by atoms with Crippen LogP contribution >= 0.6 is 15.9 Å². The normalized spacial score (nSPS) is 29.9. The Hall–Kier alpha value is -2.87. The third kappa shape index (κ3) is 5.99. The van der Waals surface area contributed by atoms with Crippen LogP contribution in [-0.4, -0.2) is 31.3 Å². The number of carbonyl (C=O) groups excluding carboxylic acids is 1. The molecule has 3 aliphatic carbocycles. The molecule has 2 saturated carbocycles. The van der Waals surface area contributed by atoms with Gasteiger partial charge in [0.1, 0.15) is 11.4 Å². The van der Waals surface area contributed by atoms with Crippen LogP contribution in [0, 0.1) is 35.0 Å². The Kier molecular flexibility index (Phi) is 9.57. The molecule has 0 N–H and O–H groups in total. The molecule has 1 aromatic heterocycles. The van der Waals surface area contributed by atoms with Crippen molar-refractivity contribution in [1.82, 2.24) is 13.9 Å². The average Bonchev–Trinajstić information content (AvgIpc) is 3.53. The second-order valence-electron chi connectivity index (χ2n) is 14.9. The lowest BCUT2D eigenvalue weighted by molar-refractivity contribution is -0.146. The van der Waals surface area contributed by atoms with Gasteiger partial charge < -0.3 is 4.74 Å². The molecule has 4 aliphatic rings. The van der Waals surface area contributed by atoms with E-state index >= 15 is 0 Å². The maximum Gasteiger partial charge on any atom is 0.352 e. The minimum atomic E-state index is -0.375. The number of fused-ring (bicyclic) bond motifs is 2. The highest BCUT2D eigenvalue weighted by Crippen LogP contribution is 2.60. The number of para-hydroxylation sites is 1. The number of aromatic nitrogens is 3. The summed E-state index contributed by atoms with van der Waals surface area (Å²) in [5, 5.41) is 0.160. The second kappa shape index (κ2) is 13.3. The van der Waals surface area contributed by atoms with Crippen molar-refractivity contribution in [3.8, 4) is 5.69 Å². The number of hydrogen-bond donors (Lipinski definition) is 0. The molecular weight excluding hydrogens is 642 g/mol. The van der Waals surface area contributed by atoms with Gasteiger partial charge in [-0.05, 0) is 103 Å². The Morgan fingerprint density at radius 2 is 1.80 bits per heavy atom. The standard InChI is InChI=1S/C38H50BrN3O4/c1-24(2)25(3)13-14-26(4)32-17-18-33-27(10-9-19-38(32,33)5)20-34-31-21-30(46-35(43)22-39)16-15-28(31)23-40-36(44)41(37(45)42(34)40)29-11-7-6-8-12-29/h6-8,11-14,20,24-26,30,32-34H,9-10,15-19,21-23H2,1-5H3/b14-13+,27-20+/t25-,26+,30-,32?,33?,34-,38?/m0/s1. The zero-order chi connectivity index (χ0) is 32.7. The lowest BCUT2D eigenvalue weighted by atomic mass is 9.61. The first-order valence-corrected chi connectivity index (χ1v) is 18.5. The highest BCUT2D eigenvalue weighted by Gasteiger charge is 2.51. The molecule has 1 aromatic carbocycles. The van der Waals surface area contributed by atoms with Crippen molar-refractivity contribution in [2.24, 2.45) is 35.0 Å². The number of esters is 1. The fraction of sp³-hybridized carbons (Fsp3) is 0.605. The predicted molar refractivity (Wildman–Crippen MR) is 186 cm³/mol. The number of ether oxygens (including phenoxy) is 1. The summed E-state index contributed by atoms with van der Waals surface area (Å²) in [7, 11) is 0. The highest BCUT2D eigenvalue weighted by molar-refractivity contribution is 9.09. The summed E-state index contributed by atoms with van der Waals surface area (Å²) in [6.45, 7) is 12.2. The van der Waals surface area contributed by atoms with Crippen LogP contribution in [0.15, 0.2) is 74.9 Å². The van der Waals surface area contributed by atoms with Crippen LogP contribution in [0.5, 0.6) is 0 Å². The van der Waals surface area contributed by atoms with Gasteiger partial charge >= 0.3 is 17.3 Å². The Morgan fingerprint density at radius 1 is 1.04 bits per heavy atom. The maximum absolute atomic E-state index is 14.2. The van der Waals surface area contributed by atoms with E-state index in [9.17, 15) is 14.4 Å². The van der Waals surface area contributed by atoms with E-state index in [1.54, 1.807) is 9.36 Å². The van der Waals surface area contributed by atoms with Gasteiger partial charge in [0.25, 0.3) is 0 Å². The number of rotatable bonds is 8. The summed E-state index contributed by atoms with van der Waals surface area (Å²) >= 11 is 3.23. The van der Waals surface area contributed by atoms with E-state index in [-0.39, 0.29) is 40.2 Å². The van der Waals surface area contributed by atoms with Gasteiger partial charge in [0, 0.05) is 6.42 Å². The lowest BCUT2D eigenvalue weighted by Crippen LogP contribution is -2.40. The molecule has 7 nitrogen and oxygen atoms in total. The quantitative estimate of drug-likeness (QED) is 0.161. The second-order valence-corrected chi connectivity index (χ2v) is 15.4. The van der Waals surface area contributed by atoms with E-state index in [2.05, 4.69) is 68.8 Å². The molecule has 6 rings (SSSR count). The number of hydrogen-bond acceptors (Lipinski definition) is 4. The van der Waals surface area contributed by atoms with Crippen molar-refractivity contribution in [3.05, 3.63) is 86.2 Å². The van der Waals surface area contributed by atoms with Gasteiger partial charge in [-0.2, -0.15) is 0 Å². The monoisotopic (exact) mass is 691 g/mol. The molecular formula is C38H50BrN3O4. The fourth-order valence-corrected chi connectivity index (χ4v) is 9.21. The number of allylic oxidation sites excluding steroid dienone is 5. The SMILES string of the molecule is CC(C)[C@@H](C)/C=C/[C@@H](C)C1CCC2/C(=C/[C@H]3C4=C(CC[C@H](OC(=O)CBr)C4)Cn4c(=O)n(-c5ccccc5)c(=O)n43)CCCC21C. The van der Waals surface area contributed by atoms with Gasteiger partial charge in [0.05, 0.1) is 18.3 Å². The first-order valence-electron chi connectivity index (χ1n) is 17.4. The summed E-state index contributed by atoms with van der Waals surface area (Å²) in [5.74, 6) is 2.50. The van der Waals surface area contributed by atoms with Crippen molar-refractivity contribution in [2.75, 3.05) is 5.33 Å². The fourth-order valence-electron chi connectivity index (χ4n) is 9.07.